The van der Waals surface area contributed by atoms with E-state index in [1.54, 1.807) is 24.5 Å². The van der Waals surface area contributed by atoms with Crippen LogP contribution in [0, 0.1) is 0 Å². The van der Waals surface area contributed by atoms with E-state index in [0.29, 0.717) is 17.9 Å². The molecule has 0 saturated heterocycles. The van der Waals surface area contributed by atoms with E-state index in [0.717, 1.165) is 10.9 Å². The first kappa shape index (κ1) is 10.4. The highest BCUT2D eigenvalue weighted by molar-refractivity contribution is 6.01. The first-order valence-electron chi connectivity index (χ1n) is 5.01. The van der Waals surface area contributed by atoms with Crippen LogP contribution in [0.2, 0.25) is 0 Å². The molecule has 2 aromatic heterocycles. The first-order valence-corrected chi connectivity index (χ1v) is 5.01. The van der Waals surface area contributed by atoms with Crippen LogP contribution in [0.4, 0.5) is 5.82 Å². The van der Waals surface area contributed by atoms with Crippen molar-refractivity contribution in [2.24, 2.45) is 5.73 Å². The summed E-state index contributed by atoms with van der Waals surface area (Å²) in [6, 6.07) is 3.50. The van der Waals surface area contributed by atoms with Crippen LogP contribution in [0.15, 0.2) is 24.5 Å². The molecule has 0 saturated carbocycles. The molecule has 2 rings (SSSR count). The molecule has 0 aliphatic carbocycles. The molecule has 82 valence electrons. The van der Waals surface area contributed by atoms with Gasteiger partial charge in [0.15, 0.2) is 0 Å². The number of hydrogen-bond acceptors (Lipinski definition) is 4. The molecule has 3 N–H and O–H groups in total. The molecular weight excluding hydrogens is 204 g/mol. The molecule has 2 heterocycles. The lowest BCUT2D eigenvalue weighted by Gasteiger charge is -2.08. The SMILES string of the molecule is CCNc1nc2ccncc2cc1C(N)=O. The molecule has 0 unspecified atom stereocenters. The molecule has 0 aromatic carbocycles. The lowest BCUT2D eigenvalue weighted by atomic mass is 10.1. The van der Waals surface area contributed by atoms with E-state index in [1.165, 1.54) is 0 Å². The number of anilines is 1. The Hall–Kier alpha value is -2.17. The third-order valence-electron chi connectivity index (χ3n) is 2.22. The van der Waals surface area contributed by atoms with Gasteiger partial charge in [0.2, 0.25) is 0 Å². The van der Waals surface area contributed by atoms with Crippen molar-refractivity contribution in [2.75, 3.05) is 11.9 Å². The van der Waals surface area contributed by atoms with Gasteiger partial charge >= 0.3 is 0 Å². The summed E-state index contributed by atoms with van der Waals surface area (Å²) in [5.74, 6) is 0.0305. The van der Waals surface area contributed by atoms with Gasteiger partial charge in [-0.15, -0.1) is 0 Å². The predicted molar refractivity (Wildman–Crippen MR) is 62.2 cm³/mol. The van der Waals surface area contributed by atoms with Crippen molar-refractivity contribution in [2.45, 2.75) is 6.92 Å². The number of carbonyl (C=O) groups excluding carboxylic acids is 1. The van der Waals surface area contributed by atoms with Crippen LogP contribution in [0.25, 0.3) is 10.9 Å². The van der Waals surface area contributed by atoms with Gasteiger partial charge in [0.1, 0.15) is 5.82 Å². The average Bonchev–Trinajstić information content (AvgIpc) is 2.28. The van der Waals surface area contributed by atoms with Crippen LogP contribution >= 0.6 is 0 Å². The number of pyridine rings is 2. The number of primary amides is 1. The summed E-state index contributed by atoms with van der Waals surface area (Å²) in [6.45, 7) is 2.62. The molecule has 0 aliphatic heterocycles. The summed E-state index contributed by atoms with van der Waals surface area (Å²) in [5, 5.41) is 3.82. The normalized spacial score (nSPS) is 10.3. The highest BCUT2D eigenvalue weighted by Crippen LogP contribution is 2.19. The Morgan fingerprint density at radius 3 is 3.06 bits per heavy atom. The molecule has 0 spiro atoms. The average molecular weight is 216 g/mol. The van der Waals surface area contributed by atoms with E-state index < -0.39 is 5.91 Å². The number of fused-ring (bicyclic) bond motifs is 1. The number of hydrogen-bond donors (Lipinski definition) is 2. The minimum atomic E-state index is -0.491. The summed E-state index contributed by atoms with van der Waals surface area (Å²) in [7, 11) is 0. The van der Waals surface area contributed by atoms with E-state index in [2.05, 4.69) is 15.3 Å². The number of nitrogens with two attached hydrogens (primary N) is 1. The minimum Gasteiger partial charge on any atom is -0.370 e. The quantitative estimate of drug-likeness (QED) is 0.806. The highest BCUT2D eigenvalue weighted by atomic mass is 16.1. The Labute approximate surface area is 92.7 Å². The molecule has 0 atom stereocenters. The second-order valence-electron chi connectivity index (χ2n) is 3.35. The molecule has 0 bridgehead atoms. The van der Waals surface area contributed by atoms with Gasteiger partial charge in [-0.2, -0.15) is 0 Å². The number of carbonyl (C=O) groups is 1. The maximum Gasteiger partial charge on any atom is 0.252 e. The zero-order chi connectivity index (χ0) is 11.5. The molecule has 0 radical (unpaired) electrons. The topological polar surface area (TPSA) is 80.9 Å². The number of aromatic nitrogens is 2. The number of nitrogens with zero attached hydrogens (tertiary/aromatic N) is 2. The van der Waals surface area contributed by atoms with Crippen LogP contribution in [0.3, 0.4) is 0 Å². The van der Waals surface area contributed by atoms with Crippen LogP contribution in [-0.2, 0) is 0 Å². The lowest BCUT2D eigenvalue weighted by molar-refractivity contribution is 0.100. The third-order valence-corrected chi connectivity index (χ3v) is 2.22. The highest BCUT2D eigenvalue weighted by Gasteiger charge is 2.10. The zero-order valence-electron chi connectivity index (χ0n) is 8.90. The summed E-state index contributed by atoms with van der Waals surface area (Å²) in [6.07, 6.45) is 3.32. The third kappa shape index (κ3) is 1.79. The summed E-state index contributed by atoms with van der Waals surface area (Å²) in [4.78, 5) is 19.6. The van der Waals surface area contributed by atoms with Gasteiger partial charge in [0.25, 0.3) is 5.91 Å². The first-order chi connectivity index (χ1) is 7.72. The van der Waals surface area contributed by atoms with E-state index in [1.807, 2.05) is 6.92 Å². The van der Waals surface area contributed by atoms with Crippen molar-refractivity contribution < 1.29 is 4.79 Å². The van der Waals surface area contributed by atoms with E-state index in [-0.39, 0.29) is 0 Å². The fourth-order valence-electron chi connectivity index (χ4n) is 1.51. The molecule has 1 amide bonds. The Kier molecular flexibility index (Phi) is 2.68. The second-order valence-corrected chi connectivity index (χ2v) is 3.35. The molecule has 0 fully saturated rings. The van der Waals surface area contributed by atoms with Gasteiger partial charge in [-0.1, -0.05) is 0 Å². The standard InChI is InChI=1S/C11H12N4O/c1-2-14-11-8(10(12)16)5-7-6-13-4-3-9(7)15-11/h3-6H,2H2,1H3,(H2,12,16)(H,14,15). The number of rotatable bonds is 3. The zero-order valence-corrected chi connectivity index (χ0v) is 8.90. The molecule has 0 aliphatic rings. The fourth-order valence-corrected chi connectivity index (χ4v) is 1.51. The Balaban J connectivity index is 2.65. The number of nitrogens with one attached hydrogen (secondary N) is 1. The summed E-state index contributed by atoms with van der Waals surface area (Å²) >= 11 is 0. The van der Waals surface area contributed by atoms with Crippen molar-refractivity contribution in [3.05, 3.63) is 30.1 Å². The Bertz CT molecular complexity index is 538. The molecular formula is C11H12N4O. The lowest BCUT2D eigenvalue weighted by Crippen LogP contribution is -2.15. The van der Waals surface area contributed by atoms with Gasteiger partial charge < -0.3 is 11.1 Å². The van der Waals surface area contributed by atoms with Crippen molar-refractivity contribution >= 4 is 22.6 Å². The maximum atomic E-state index is 11.3. The molecule has 2 aromatic rings. The van der Waals surface area contributed by atoms with Crippen LogP contribution in [-0.4, -0.2) is 22.4 Å². The fraction of sp³-hybridized carbons (Fsp3) is 0.182. The van der Waals surface area contributed by atoms with Crippen molar-refractivity contribution in [1.29, 1.82) is 0 Å². The molecule has 5 heteroatoms. The van der Waals surface area contributed by atoms with Gasteiger partial charge in [-0.05, 0) is 19.1 Å². The van der Waals surface area contributed by atoms with Gasteiger partial charge in [-0.25, -0.2) is 4.98 Å². The van der Waals surface area contributed by atoms with Gasteiger partial charge in [-0.3, -0.25) is 9.78 Å². The second kappa shape index (κ2) is 4.14. The molecule has 5 nitrogen and oxygen atoms in total. The maximum absolute atomic E-state index is 11.3. The smallest absolute Gasteiger partial charge is 0.252 e. The van der Waals surface area contributed by atoms with E-state index in [4.69, 9.17) is 5.73 Å². The van der Waals surface area contributed by atoms with Crippen molar-refractivity contribution in [1.82, 2.24) is 9.97 Å². The van der Waals surface area contributed by atoms with Gasteiger partial charge in [0.05, 0.1) is 11.1 Å². The van der Waals surface area contributed by atoms with Crippen molar-refractivity contribution in [3.8, 4) is 0 Å². The molecule has 16 heavy (non-hydrogen) atoms. The van der Waals surface area contributed by atoms with Crippen LogP contribution in [0.5, 0.6) is 0 Å². The number of amides is 1. The summed E-state index contributed by atoms with van der Waals surface area (Å²) < 4.78 is 0. The minimum absolute atomic E-state index is 0.391. The summed E-state index contributed by atoms with van der Waals surface area (Å²) in [5.41, 5.74) is 6.48. The predicted octanol–water partition coefficient (Wildman–Crippen LogP) is 1.16. The van der Waals surface area contributed by atoms with Crippen LogP contribution < -0.4 is 11.1 Å². The Morgan fingerprint density at radius 2 is 2.38 bits per heavy atom. The van der Waals surface area contributed by atoms with Gasteiger partial charge in [0, 0.05) is 24.3 Å². The van der Waals surface area contributed by atoms with Crippen LogP contribution in [0.1, 0.15) is 17.3 Å². The van der Waals surface area contributed by atoms with E-state index >= 15 is 0 Å². The Morgan fingerprint density at radius 1 is 1.56 bits per heavy atom. The van der Waals surface area contributed by atoms with Crippen molar-refractivity contribution in [3.63, 3.8) is 0 Å². The van der Waals surface area contributed by atoms with E-state index in [9.17, 15) is 4.79 Å². The monoisotopic (exact) mass is 216 g/mol. The largest absolute Gasteiger partial charge is 0.370 e.